The molecule has 1 aliphatic rings. The van der Waals surface area contributed by atoms with Gasteiger partial charge < -0.3 is 33.2 Å². The zero-order valence-corrected chi connectivity index (χ0v) is 17.4. The summed E-state index contributed by atoms with van der Waals surface area (Å²) >= 11 is 0. The van der Waals surface area contributed by atoms with E-state index in [0.717, 1.165) is 20.8 Å². The monoisotopic (exact) mass is 430 g/mol. The molecule has 0 aromatic heterocycles. The lowest BCUT2D eigenvalue weighted by molar-refractivity contribution is -0.297. The summed E-state index contributed by atoms with van der Waals surface area (Å²) in [5, 5.41) is 0. The minimum atomic E-state index is -1.32. The van der Waals surface area contributed by atoms with Crippen LogP contribution in [-0.2, 0) is 52.4 Å². The molecule has 0 saturated carbocycles. The van der Waals surface area contributed by atoms with E-state index in [4.69, 9.17) is 28.4 Å². The van der Waals surface area contributed by atoms with Crippen LogP contribution < -0.4 is 0 Å². The van der Waals surface area contributed by atoms with E-state index in [0.29, 0.717) is 11.9 Å². The van der Waals surface area contributed by atoms with Gasteiger partial charge in [0.25, 0.3) is 0 Å². The molecule has 0 aliphatic carbocycles. The zero-order valence-electron chi connectivity index (χ0n) is 17.4. The highest BCUT2D eigenvalue weighted by Gasteiger charge is 2.53. The Morgan fingerprint density at radius 2 is 1.33 bits per heavy atom. The van der Waals surface area contributed by atoms with E-state index >= 15 is 0 Å². The molecule has 11 heteroatoms. The first-order chi connectivity index (χ1) is 14.0. The molecule has 0 unspecified atom stereocenters. The maximum Gasteiger partial charge on any atom is 0.303 e. The van der Waals surface area contributed by atoms with Crippen molar-refractivity contribution in [1.29, 1.82) is 0 Å². The van der Waals surface area contributed by atoms with Crippen LogP contribution in [0, 0.1) is 0 Å². The quantitative estimate of drug-likeness (QED) is 0.219. The van der Waals surface area contributed by atoms with Crippen LogP contribution in [-0.4, -0.2) is 67.5 Å². The molecule has 0 aromatic rings. The first-order valence-corrected chi connectivity index (χ1v) is 9.10. The fourth-order valence-corrected chi connectivity index (χ4v) is 2.66. The van der Waals surface area contributed by atoms with E-state index in [1.54, 1.807) is 6.92 Å². The maximum absolute atomic E-state index is 11.7. The van der Waals surface area contributed by atoms with Crippen molar-refractivity contribution in [2.24, 2.45) is 0 Å². The van der Waals surface area contributed by atoms with E-state index in [9.17, 15) is 24.0 Å². The van der Waals surface area contributed by atoms with Gasteiger partial charge in [0.15, 0.2) is 12.2 Å². The largest absolute Gasteiger partial charge is 0.468 e. The summed E-state index contributed by atoms with van der Waals surface area (Å²) in [6, 6.07) is 0. The summed E-state index contributed by atoms with van der Waals surface area (Å²) in [6.07, 6.45) is -4.30. The molecule has 0 spiro atoms. The molecule has 0 bridgehead atoms. The number of carbonyl (C=O) groups excluding carboxylic acids is 5. The summed E-state index contributed by atoms with van der Waals surface area (Å²) in [7, 11) is 0. The van der Waals surface area contributed by atoms with Crippen LogP contribution in [0.15, 0.2) is 11.8 Å². The topological polar surface area (TPSA) is 141 Å². The lowest BCUT2D eigenvalue weighted by atomic mass is 9.98. The van der Waals surface area contributed by atoms with Crippen molar-refractivity contribution in [2.45, 2.75) is 71.7 Å². The number of rotatable bonds is 9. The number of hydrogen-bond acceptors (Lipinski definition) is 11. The third-order valence-corrected chi connectivity index (χ3v) is 3.76. The first kappa shape index (κ1) is 25.1. The second-order valence-electron chi connectivity index (χ2n) is 6.54. The first-order valence-electron chi connectivity index (χ1n) is 9.10. The SMILES string of the molecule is CC(=O)OC[C@H]1O[C@@H](O/C=C(\C)CC=O)[C@H](OC(C)=O)[C@@H](OC(C)=O)[C@@H]1OC(C)=O. The molecule has 0 aromatic carbocycles. The minimum Gasteiger partial charge on any atom is -0.468 e. The molecule has 1 rings (SSSR count). The van der Waals surface area contributed by atoms with Crippen molar-refractivity contribution in [3.63, 3.8) is 0 Å². The van der Waals surface area contributed by atoms with E-state index in [1.807, 2.05) is 0 Å². The number of esters is 4. The van der Waals surface area contributed by atoms with E-state index in [1.165, 1.54) is 13.2 Å². The van der Waals surface area contributed by atoms with Gasteiger partial charge in [-0.1, -0.05) is 0 Å². The van der Waals surface area contributed by atoms with Gasteiger partial charge in [-0.2, -0.15) is 0 Å². The zero-order chi connectivity index (χ0) is 22.8. The van der Waals surface area contributed by atoms with Crippen molar-refractivity contribution in [3.8, 4) is 0 Å². The number of carbonyl (C=O) groups is 5. The highest BCUT2D eigenvalue weighted by molar-refractivity contribution is 5.68. The van der Waals surface area contributed by atoms with Gasteiger partial charge in [-0.05, 0) is 12.5 Å². The Kier molecular flexibility index (Phi) is 9.96. The second kappa shape index (κ2) is 11.9. The molecule has 30 heavy (non-hydrogen) atoms. The van der Waals surface area contributed by atoms with Gasteiger partial charge in [-0.15, -0.1) is 0 Å². The van der Waals surface area contributed by atoms with Crippen molar-refractivity contribution in [1.82, 2.24) is 0 Å². The van der Waals surface area contributed by atoms with E-state index in [-0.39, 0.29) is 13.0 Å². The molecule has 1 aliphatic heterocycles. The van der Waals surface area contributed by atoms with Gasteiger partial charge >= 0.3 is 23.9 Å². The fraction of sp³-hybridized carbons (Fsp3) is 0.632. The Balaban J connectivity index is 3.32. The van der Waals surface area contributed by atoms with Crippen molar-refractivity contribution in [2.75, 3.05) is 6.61 Å². The highest BCUT2D eigenvalue weighted by atomic mass is 16.7. The Bertz CT molecular complexity index is 684. The summed E-state index contributed by atoms with van der Waals surface area (Å²) in [4.78, 5) is 56.8. The molecule has 168 valence electrons. The summed E-state index contributed by atoms with van der Waals surface area (Å²) in [6.45, 7) is 5.82. The van der Waals surface area contributed by atoms with Gasteiger partial charge in [-0.25, -0.2) is 0 Å². The lowest BCUT2D eigenvalue weighted by Crippen LogP contribution is -2.62. The lowest BCUT2D eigenvalue weighted by Gasteiger charge is -2.43. The number of aldehydes is 1. The smallest absolute Gasteiger partial charge is 0.303 e. The molecule has 0 amide bonds. The molecule has 1 fully saturated rings. The predicted molar refractivity (Wildman–Crippen MR) is 97.5 cm³/mol. The normalized spacial score (nSPS) is 26.2. The molecule has 5 atom stereocenters. The summed E-state index contributed by atoms with van der Waals surface area (Å²) in [5.41, 5.74) is 0.540. The second-order valence-corrected chi connectivity index (χ2v) is 6.54. The van der Waals surface area contributed by atoms with Gasteiger partial charge in [0.1, 0.15) is 19.0 Å². The Morgan fingerprint density at radius 1 is 0.800 bits per heavy atom. The Labute approximate surface area is 173 Å². The van der Waals surface area contributed by atoms with Gasteiger partial charge in [0, 0.05) is 34.1 Å². The van der Waals surface area contributed by atoms with Crippen LogP contribution in [0.1, 0.15) is 41.0 Å². The van der Waals surface area contributed by atoms with Crippen LogP contribution in [0.4, 0.5) is 0 Å². The van der Waals surface area contributed by atoms with Gasteiger partial charge in [0.05, 0.1) is 6.26 Å². The van der Waals surface area contributed by atoms with E-state index in [2.05, 4.69) is 0 Å². The molecule has 11 nitrogen and oxygen atoms in total. The van der Waals surface area contributed by atoms with E-state index < -0.39 is 54.6 Å². The molecule has 1 saturated heterocycles. The van der Waals surface area contributed by atoms with Gasteiger partial charge in [0.2, 0.25) is 12.4 Å². The van der Waals surface area contributed by atoms with Crippen LogP contribution in [0.25, 0.3) is 0 Å². The Hall–Kier alpha value is -2.95. The standard InChI is InChI=1S/C19H26O11/c1-10(6-7-20)8-26-19-18(29-14(5)24)17(28-13(4)23)16(27-12(3)22)15(30-19)9-25-11(2)21/h7-8,15-19H,6,9H2,1-5H3/b10-8+/t15-,16-,17+,18-,19-/m1/s1. The van der Waals surface area contributed by atoms with Crippen LogP contribution in [0.5, 0.6) is 0 Å². The van der Waals surface area contributed by atoms with Crippen LogP contribution in [0.2, 0.25) is 0 Å². The van der Waals surface area contributed by atoms with Crippen molar-refractivity contribution < 1.29 is 52.4 Å². The average Bonchev–Trinajstić information content (AvgIpc) is 2.61. The highest BCUT2D eigenvalue weighted by Crippen LogP contribution is 2.30. The van der Waals surface area contributed by atoms with Gasteiger partial charge in [-0.3, -0.25) is 19.2 Å². The third kappa shape index (κ3) is 8.19. The maximum atomic E-state index is 11.7. The predicted octanol–water partition coefficient (Wildman–Crippen LogP) is 0.579. The molecule has 0 radical (unpaired) electrons. The molecule has 1 heterocycles. The average molecular weight is 430 g/mol. The van der Waals surface area contributed by atoms with Crippen LogP contribution in [0.3, 0.4) is 0 Å². The van der Waals surface area contributed by atoms with Crippen molar-refractivity contribution in [3.05, 3.63) is 11.8 Å². The third-order valence-electron chi connectivity index (χ3n) is 3.76. The molecular weight excluding hydrogens is 404 g/mol. The number of allylic oxidation sites excluding steroid dienone is 1. The molecule has 0 N–H and O–H groups in total. The molecular formula is C19H26O11. The minimum absolute atomic E-state index is 0.0886. The number of hydrogen-bond donors (Lipinski definition) is 0. The summed E-state index contributed by atoms with van der Waals surface area (Å²) in [5.74, 6) is -2.82. The number of ether oxygens (including phenoxy) is 6. The summed E-state index contributed by atoms with van der Waals surface area (Å²) < 4.78 is 31.9. The van der Waals surface area contributed by atoms with Crippen LogP contribution >= 0.6 is 0 Å². The fourth-order valence-electron chi connectivity index (χ4n) is 2.66. The van der Waals surface area contributed by atoms with Crippen molar-refractivity contribution >= 4 is 30.2 Å². The Morgan fingerprint density at radius 3 is 1.83 bits per heavy atom.